The highest BCUT2D eigenvalue weighted by atomic mass is 16.6. The highest BCUT2D eigenvalue weighted by Gasteiger charge is 2.14. The second-order valence-corrected chi connectivity index (χ2v) is 3.49. The van der Waals surface area contributed by atoms with Crippen molar-refractivity contribution in [2.24, 2.45) is 0 Å². The molecule has 78 valence electrons. The fraction of sp³-hybridized carbons (Fsp3) is 0.167. The van der Waals surface area contributed by atoms with Crippen LogP contribution in [-0.2, 0) is 0 Å². The van der Waals surface area contributed by atoms with Crippen LogP contribution in [0.15, 0.2) is 24.4 Å². The van der Waals surface area contributed by atoms with Gasteiger partial charge in [-0.2, -0.15) is 5.26 Å². The van der Waals surface area contributed by atoms with Gasteiger partial charge in [-0.15, -0.1) is 0 Å². The third-order valence-corrected chi connectivity index (χ3v) is 2.53. The van der Waals surface area contributed by atoms with Gasteiger partial charge in [-0.25, -0.2) is 4.98 Å². The number of fused-ring (bicyclic) bond motifs is 2. The Morgan fingerprint density at radius 1 is 1.19 bits per heavy atom. The molecule has 0 N–H and O–H groups in total. The largest absolute Gasteiger partial charge is 0.486 e. The summed E-state index contributed by atoms with van der Waals surface area (Å²) in [4.78, 5) is 4.02. The van der Waals surface area contributed by atoms with Crippen LogP contribution in [0.5, 0.6) is 11.5 Å². The molecule has 4 nitrogen and oxygen atoms in total. The van der Waals surface area contributed by atoms with Crippen LogP contribution < -0.4 is 9.47 Å². The lowest BCUT2D eigenvalue weighted by molar-refractivity contribution is 0.172. The van der Waals surface area contributed by atoms with Gasteiger partial charge in [0.15, 0.2) is 11.5 Å². The van der Waals surface area contributed by atoms with Crippen LogP contribution in [0.1, 0.15) is 5.69 Å². The molecular formula is C12H8N2O2. The molecule has 0 amide bonds. The molecule has 0 unspecified atom stereocenters. The first kappa shape index (κ1) is 8.98. The number of ether oxygens (including phenoxy) is 2. The van der Waals surface area contributed by atoms with Gasteiger partial charge in [-0.1, -0.05) is 0 Å². The van der Waals surface area contributed by atoms with E-state index in [1.165, 1.54) is 0 Å². The van der Waals surface area contributed by atoms with E-state index >= 15 is 0 Å². The summed E-state index contributed by atoms with van der Waals surface area (Å²) < 4.78 is 10.9. The summed E-state index contributed by atoms with van der Waals surface area (Å²) in [6.45, 7) is 1.11. The standard InChI is InChI=1S/C12H8N2O2/c13-7-10-9-6-12-11(15-3-4-16-12)5-8(9)1-2-14-10/h1-2,5-6H,3-4H2. The Labute approximate surface area is 92.0 Å². The highest BCUT2D eigenvalue weighted by molar-refractivity contribution is 5.89. The third-order valence-electron chi connectivity index (χ3n) is 2.53. The molecule has 4 heteroatoms. The van der Waals surface area contributed by atoms with Crippen LogP contribution in [0.25, 0.3) is 10.8 Å². The lowest BCUT2D eigenvalue weighted by Crippen LogP contribution is -2.15. The smallest absolute Gasteiger partial charge is 0.162 e. The van der Waals surface area contributed by atoms with Crippen molar-refractivity contribution in [3.63, 3.8) is 0 Å². The zero-order valence-corrected chi connectivity index (χ0v) is 8.43. The SMILES string of the molecule is N#Cc1nccc2cc3c(cc12)OCCO3. The molecule has 1 aromatic heterocycles. The second-order valence-electron chi connectivity index (χ2n) is 3.49. The topological polar surface area (TPSA) is 55.1 Å². The molecule has 0 saturated heterocycles. The van der Waals surface area contributed by atoms with Crippen molar-refractivity contribution in [1.29, 1.82) is 5.26 Å². The van der Waals surface area contributed by atoms with Gasteiger partial charge in [-0.05, 0) is 23.6 Å². The lowest BCUT2D eigenvalue weighted by Gasteiger charge is -2.18. The molecule has 1 aliphatic rings. The van der Waals surface area contributed by atoms with Gasteiger partial charge >= 0.3 is 0 Å². The van der Waals surface area contributed by atoms with E-state index in [1.807, 2.05) is 18.2 Å². The molecule has 2 aromatic rings. The monoisotopic (exact) mass is 212 g/mol. The number of hydrogen-bond donors (Lipinski definition) is 0. The van der Waals surface area contributed by atoms with Gasteiger partial charge < -0.3 is 9.47 Å². The van der Waals surface area contributed by atoms with Crippen LogP contribution in [0.4, 0.5) is 0 Å². The third kappa shape index (κ3) is 1.26. The van der Waals surface area contributed by atoms with Gasteiger partial charge in [0.2, 0.25) is 0 Å². The van der Waals surface area contributed by atoms with Gasteiger partial charge in [0.25, 0.3) is 0 Å². The normalized spacial score (nSPS) is 13.4. The maximum atomic E-state index is 8.96. The van der Waals surface area contributed by atoms with E-state index < -0.39 is 0 Å². The van der Waals surface area contributed by atoms with Gasteiger partial charge in [0, 0.05) is 11.6 Å². The van der Waals surface area contributed by atoms with E-state index in [0.717, 1.165) is 16.5 Å². The molecule has 0 aliphatic carbocycles. The first-order valence-electron chi connectivity index (χ1n) is 4.97. The molecule has 2 heterocycles. The minimum absolute atomic E-state index is 0.412. The Morgan fingerprint density at radius 3 is 2.69 bits per heavy atom. The van der Waals surface area contributed by atoms with Crippen molar-refractivity contribution in [2.45, 2.75) is 0 Å². The Kier molecular flexibility index (Phi) is 1.90. The Bertz CT molecular complexity index is 602. The summed E-state index contributed by atoms with van der Waals surface area (Å²) in [5, 5.41) is 10.7. The summed E-state index contributed by atoms with van der Waals surface area (Å²) in [5.74, 6) is 1.41. The van der Waals surface area contributed by atoms with Crippen LogP contribution in [0.2, 0.25) is 0 Å². The minimum Gasteiger partial charge on any atom is -0.486 e. The van der Waals surface area contributed by atoms with Crippen molar-refractivity contribution >= 4 is 10.8 Å². The summed E-state index contributed by atoms with van der Waals surface area (Å²) in [5.41, 5.74) is 0.412. The number of pyridine rings is 1. The predicted octanol–water partition coefficient (Wildman–Crippen LogP) is 1.88. The van der Waals surface area contributed by atoms with Crippen molar-refractivity contribution < 1.29 is 9.47 Å². The van der Waals surface area contributed by atoms with Crippen LogP contribution >= 0.6 is 0 Å². The minimum atomic E-state index is 0.412. The highest BCUT2D eigenvalue weighted by Crippen LogP contribution is 2.34. The van der Waals surface area contributed by atoms with Crippen molar-refractivity contribution in [3.05, 3.63) is 30.1 Å². The molecule has 0 radical (unpaired) electrons. The molecule has 0 atom stereocenters. The number of aromatic nitrogens is 1. The summed E-state index contributed by atoms with van der Waals surface area (Å²) in [6.07, 6.45) is 1.62. The summed E-state index contributed by atoms with van der Waals surface area (Å²) in [6, 6.07) is 7.62. The molecule has 0 saturated carbocycles. The molecular weight excluding hydrogens is 204 g/mol. The fourth-order valence-corrected chi connectivity index (χ4v) is 1.80. The molecule has 0 bridgehead atoms. The van der Waals surface area contributed by atoms with Crippen molar-refractivity contribution in [3.8, 4) is 17.6 Å². The number of nitriles is 1. The van der Waals surface area contributed by atoms with E-state index in [9.17, 15) is 0 Å². The molecule has 0 spiro atoms. The van der Waals surface area contributed by atoms with E-state index in [-0.39, 0.29) is 0 Å². The van der Waals surface area contributed by atoms with Crippen LogP contribution in [0, 0.1) is 11.3 Å². The van der Waals surface area contributed by atoms with Gasteiger partial charge in [0.05, 0.1) is 0 Å². The molecule has 0 fully saturated rings. The first-order chi connectivity index (χ1) is 7.88. The van der Waals surface area contributed by atoms with Crippen LogP contribution in [-0.4, -0.2) is 18.2 Å². The van der Waals surface area contributed by atoms with E-state index in [0.29, 0.717) is 24.7 Å². The predicted molar refractivity (Wildman–Crippen MR) is 57.4 cm³/mol. The Morgan fingerprint density at radius 2 is 1.94 bits per heavy atom. The Balaban J connectivity index is 2.32. The van der Waals surface area contributed by atoms with Gasteiger partial charge in [-0.3, -0.25) is 0 Å². The quantitative estimate of drug-likeness (QED) is 0.669. The molecule has 3 rings (SSSR count). The number of nitrogens with zero attached hydrogens (tertiary/aromatic N) is 2. The average molecular weight is 212 g/mol. The molecule has 1 aromatic carbocycles. The van der Waals surface area contributed by atoms with E-state index in [4.69, 9.17) is 14.7 Å². The second kappa shape index (κ2) is 3.38. The number of rotatable bonds is 0. The number of hydrogen-bond acceptors (Lipinski definition) is 4. The lowest BCUT2D eigenvalue weighted by atomic mass is 10.1. The zero-order valence-electron chi connectivity index (χ0n) is 8.43. The maximum Gasteiger partial charge on any atom is 0.162 e. The fourth-order valence-electron chi connectivity index (χ4n) is 1.80. The number of benzene rings is 1. The van der Waals surface area contributed by atoms with Crippen molar-refractivity contribution in [2.75, 3.05) is 13.2 Å². The summed E-state index contributed by atoms with van der Waals surface area (Å²) in [7, 11) is 0. The summed E-state index contributed by atoms with van der Waals surface area (Å²) >= 11 is 0. The van der Waals surface area contributed by atoms with E-state index in [2.05, 4.69) is 11.1 Å². The Hall–Kier alpha value is -2.28. The first-order valence-corrected chi connectivity index (χ1v) is 4.97. The average Bonchev–Trinajstić information content (AvgIpc) is 2.35. The van der Waals surface area contributed by atoms with Crippen molar-refractivity contribution in [1.82, 2.24) is 4.98 Å². The zero-order chi connectivity index (χ0) is 11.0. The molecule has 1 aliphatic heterocycles. The van der Waals surface area contributed by atoms with Crippen LogP contribution in [0.3, 0.4) is 0 Å². The molecule has 16 heavy (non-hydrogen) atoms. The van der Waals surface area contributed by atoms with Gasteiger partial charge in [0.1, 0.15) is 25.0 Å². The maximum absolute atomic E-state index is 8.96. The van der Waals surface area contributed by atoms with E-state index in [1.54, 1.807) is 6.20 Å².